The van der Waals surface area contributed by atoms with Gasteiger partial charge in [0.2, 0.25) is 0 Å². The Morgan fingerprint density at radius 3 is 3.00 bits per heavy atom. The lowest BCUT2D eigenvalue weighted by atomic mass is 10.4. The summed E-state index contributed by atoms with van der Waals surface area (Å²) in [7, 11) is 1.66. The Kier molecular flexibility index (Phi) is 5.99. The smallest absolute Gasteiger partial charge is 0.134 e. The maximum Gasteiger partial charge on any atom is 0.134 e. The molecule has 0 aliphatic heterocycles. The molecule has 1 N–H and O–H groups in total. The highest BCUT2D eigenvalue weighted by Crippen LogP contribution is 1.99. The lowest BCUT2D eigenvalue weighted by Crippen LogP contribution is -2.08. The molecule has 0 fully saturated rings. The molecule has 0 spiro atoms. The minimum atomic E-state index is -0.0163. The molecule has 0 aliphatic carbocycles. The first-order chi connectivity index (χ1) is 7.38. The Balaban J connectivity index is 2.09. The molecule has 0 saturated carbocycles. The molecule has 5 nitrogen and oxygen atoms in total. The van der Waals surface area contributed by atoms with Crippen LogP contribution in [0.15, 0.2) is 12.4 Å². The fraction of sp³-hybridized carbons (Fsp3) is 0.700. The lowest BCUT2D eigenvalue weighted by Gasteiger charge is -2.06. The van der Waals surface area contributed by atoms with Crippen molar-refractivity contribution in [2.75, 3.05) is 26.9 Å². The molecule has 1 aromatic heterocycles. The first-order valence-corrected chi connectivity index (χ1v) is 5.06. The third kappa shape index (κ3) is 4.42. The van der Waals surface area contributed by atoms with Crippen molar-refractivity contribution >= 4 is 0 Å². The zero-order valence-electron chi connectivity index (χ0n) is 9.06. The molecule has 0 amide bonds. The summed E-state index contributed by atoms with van der Waals surface area (Å²) in [6, 6.07) is 0. The maximum atomic E-state index is 8.95. The van der Waals surface area contributed by atoms with Gasteiger partial charge in [0.05, 0.1) is 13.2 Å². The van der Waals surface area contributed by atoms with Gasteiger partial charge in [-0.25, -0.2) is 4.98 Å². The second-order valence-electron chi connectivity index (χ2n) is 3.15. The number of nitrogens with zero attached hydrogens (tertiary/aromatic N) is 2. The number of hydrogen-bond acceptors (Lipinski definition) is 4. The fourth-order valence-corrected chi connectivity index (χ4v) is 1.28. The van der Waals surface area contributed by atoms with Crippen molar-refractivity contribution in [2.24, 2.45) is 0 Å². The third-order valence-corrected chi connectivity index (χ3v) is 2.06. The molecule has 0 aromatic carbocycles. The Morgan fingerprint density at radius 1 is 1.40 bits per heavy atom. The molecule has 1 rings (SSSR count). The number of aromatic nitrogens is 2. The first-order valence-electron chi connectivity index (χ1n) is 5.06. The molecular weight excluding hydrogens is 196 g/mol. The van der Waals surface area contributed by atoms with Gasteiger partial charge in [0.15, 0.2) is 0 Å². The summed E-state index contributed by atoms with van der Waals surface area (Å²) in [6.07, 6.45) is 4.46. The van der Waals surface area contributed by atoms with Gasteiger partial charge in [-0.2, -0.15) is 0 Å². The van der Waals surface area contributed by atoms with Gasteiger partial charge in [-0.05, 0) is 6.42 Å². The predicted octanol–water partition coefficient (Wildman–Crippen LogP) is 0.428. The van der Waals surface area contributed by atoms with E-state index in [4.69, 9.17) is 14.6 Å². The topological polar surface area (TPSA) is 56.5 Å². The molecule has 86 valence electrons. The van der Waals surface area contributed by atoms with Crippen LogP contribution in [0.4, 0.5) is 0 Å². The average molecular weight is 214 g/mol. The maximum absolute atomic E-state index is 8.95. The van der Waals surface area contributed by atoms with E-state index in [1.807, 2.05) is 10.8 Å². The number of ether oxygens (including phenoxy) is 2. The molecule has 0 unspecified atom stereocenters. The van der Waals surface area contributed by atoms with Crippen LogP contribution in [-0.2, 0) is 22.6 Å². The third-order valence-electron chi connectivity index (χ3n) is 2.06. The van der Waals surface area contributed by atoms with Crippen molar-refractivity contribution in [1.29, 1.82) is 0 Å². The van der Waals surface area contributed by atoms with Crippen LogP contribution in [0.1, 0.15) is 12.2 Å². The van der Waals surface area contributed by atoms with Gasteiger partial charge in [-0.15, -0.1) is 0 Å². The number of aryl methyl sites for hydroxylation is 1. The van der Waals surface area contributed by atoms with E-state index in [9.17, 15) is 0 Å². The highest BCUT2D eigenvalue weighted by atomic mass is 16.5. The normalized spacial score (nSPS) is 10.8. The quantitative estimate of drug-likeness (QED) is 0.637. The lowest BCUT2D eigenvalue weighted by molar-refractivity contribution is 0.0678. The molecule has 0 radical (unpaired) electrons. The molecule has 1 heterocycles. The highest BCUT2D eigenvalue weighted by molar-refractivity contribution is 4.89. The number of methoxy groups -OCH3 is 1. The van der Waals surface area contributed by atoms with E-state index >= 15 is 0 Å². The van der Waals surface area contributed by atoms with Gasteiger partial charge < -0.3 is 19.1 Å². The Hall–Kier alpha value is -0.910. The molecule has 0 saturated heterocycles. The minimum absolute atomic E-state index is 0.0163. The summed E-state index contributed by atoms with van der Waals surface area (Å²) >= 11 is 0. The van der Waals surface area contributed by atoms with E-state index in [-0.39, 0.29) is 6.61 Å². The molecule has 5 heteroatoms. The van der Waals surface area contributed by atoms with Crippen molar-refractivity contribution in [3.63, 3.8) is 0 Å². The minimum Gasteiger partial charge on any atom is -0.388 e. The Morgan fingerprint density at radius 2 is 2.27 bits per heavy atom. The summed E-state index contributed by atoms with van der Waals surface area (Å²) in [5.41, 5.74) is 0. The number of imidazole rings is 1. The number of hydrogen-bond donors (Lipinski definition) is 1. The molecule has 0 atom stereocenters. The average Bonchev–Trinajstić information content (AvgIpc) is 2.70. The molecule has 0 bridgehead atoms. The highest BCUT2D eigenvalue weighted by Gasteiger charge is 1.99. The van der Waals surface area contributed by atoms with Crippen LogP contribution in [0.25, 0.3) is 0 Å². The molecule has 0 aliphatic rings. The van der Waals surface area contributed by atoms with Gasteiger partial charge in [0.25, 0.3) is 0 Å². The molecule has 1 aromatic rings. The van der Waals surface area contributed by atoms with Crippen LogP contribution >= 0.6 is 0 Å². The SMILES string of the molecule is COCCOCCCn1ccnc1CO. The number of rotatable bonds is 8. The van der Waals surface area contributed by atoms with Crippen LogP contribution in [0.2, 0.25) is 0 Å². The Labute approximate surface area is 89.6 Å². The second-order valence-corrected chi connectivity index (χ2v) is 3.15. The second kappa shape index (κ2) is 7.39. The van der Waals surface area contributed by atoms with Gasteiger partial charge >= 0.3 is 0 Å². The number of aliphatic hydroxyl groups is 1. The van der Waals surface area contributed by atoms with Crippen LogP contribution in [0.5, 0.6) is 0 Å². The van der Waals surface area contributed by atoms with Gasteiger partial charge in [0.1, 0.15) is 12.4 Å². The van der Waals surface area contributed by atoms with Crippen molar-refractivity contribution in [1.82, 2.24) is 9.55 Å². The monoisotopic (exact) mass is 214 g/mol. The summed E-state index contributed by atoms with van der Waals surface area (Å²) < 4.78 is 12.1. The summed E-state index contributed by atoms with van der Waals surface area (Å²) in [5, 5.41) is 8.95. The summed E-state index contributed by atoms with van der Waals surface area (Å²) in [6.45, 7) is 2.77. The number of aliphatic hydroxyl groups excluding tert-OH is 1. The van der Waals surface area contributed by atoms with E-state index in [1.54, 1.807) is 13.3 Å². The molecular formula is C10H18N2O3. The van der Waals surface area contributed by atoms with Crippen molar-refractivity contribution in [3.8, 4) is 0 Å². The van der Waals surface area contributed by atoms with Gasteiger partial charge in [-0.3, -0.25) is 0 Å². The van der Waals surface area contributed by atoms with E-state index < -0.39 is 0 Å². The zero-order valence-corrected chi connectivity index (χ0v) is 9.06. The standard InChI is InChI=1S/C10H18N2O3/c1-14-7-8-15-6-2-4-12-5-3-11-10(12)9-13/h3,5,13H,2,4,6-9H2,1H3. The van der Waals surface area contributed by atoms with Crippen molar-refractivity contribution < 1.29 is 14.6 Å². The van der Waals surface area contributed by atoms with Gasteiger partial charge in [-0.1, -0.05) is 0 Å². The van der Waals surface area contributed by atoms with Crippen molar-refractivity contribution in [3.05, 3.63) is 18.2 Å². The largest absolute Gasteiger partial charge is 0.388 e. The van der Waals surface area contributed by atoms with Crippen LogP contribution < -0.4 is 0 Å². The summed E-state index contributed by atoms with van der Waals surface area (Å²) in [4.78, 5) is 4.02. The summed E-state index contributed by atoms with van der Waals surface area (Å²) in [5.74, 6) is 0.701. The van der Waals surface area contributed by atoms with Crippen LogP contribution in [-0.4, -0.2) is 41.6 Å². The first kappa shape index (κ1) is 12.2. The van der Waals surface area contributed by atoms with Crippen LogP contribution in [0, 0.1) is 0 Å². The van der Waals surface area contributed by atoms with E-state index in [1.165, 1.54) is 0 Å². The van der Waals surface area contributed by atoms with E-state index in [0.717, 1.165) is 13.0 Å². The fourth-order valence-electron chi connectivity index (χ4n) is 1.28. The van der Waals surface area contributed by atoms with E-state index in [0.29, 0.717) is 25.6 Å². The van der Waals surface area contributed by atoms with E-state index in [2.05, 4.69) is 4.98 Å². The zero-order chi connectivity index (χ0) is 10.9. The Bertz CT molecular complexity index is 263. The van der Waals surface area contributed by atoms with Crippen LogP contribution in [0.3, 0.4) is 0 Å². The van der Waals surface area contributed by atoms with Gasteiger partial charge in [0, 0.05) is 32.7 Å². The van der Waals surface area contributed by atoms with Crippen molar-refractivity contribution in [2.45, 2.75) is 19.6 Å². The predicted molar refractivity (Wildman–Crippen MR) is 55.5 cm³/mol. The molecule has 15 heavy (non-hydrogen) atoms.